The number of carbonyl (C=O) groups excluding carboxylic acids is 3. The molecule has 2 aromatic rings. The number of hydrogen-bond acceptors (Lipinski definition) is 7. The lowest BCUT2D eigenvalue weighted by atomic mass is 10.1. The lowest BCUT2D eigenvalue weighted by Crippen LogP contribution is -2.35. The molecule has 2 N–H and O–H groups in total. The van der Waals surface area contributed by atoms with Gasteiger partial charge in [-0.05, 0) is 31.7 Å². The van der Waals surface area contributed by atoms with Gasteiger partial charge in [-0.15, -0.1) is 0 Å². The molecule has 1 aliphatic heterocycles. The van der Waals surface area contributed by atoms with Crippen molar-refractivity contribution in [3.05, 3.63) is 54.2 Å². The quantitative estimate of drug-likeness (QED) is 0.261. The van der Waals surface area contributed by atoms with Crippen molar-refractivity contribution in [2.75, 3.05) is 13.7 Å². The van der Waals surface area contributed by atoms with E-state index in [2.05, 4.69) is 10.4 Å². The van der Waals surface area contributed by atoms with Gasteiger partial charge in [-0.2, -0.15) is 0 Å². The number of nitrogens with one attached hydrogen (secondary N) is 2. The zero-order valence-corrected chi connectivity index (χ0v) is 21.2. The van der Waals surface area contributed by atoms with E-state index in [0.717, 1.165) is 17.1 Å². The van der Waals surface area contributed by atoms with Gasteiger partial charge < -0.3 is 23.9 Å². The van der Waals surface area contributed by atoms with Crippen LogP contribution in [-0.2, 0) is 23.6 Å². The number of carbonyl (C=O) groups is 3. The second-order valence-corrected chi connectivity index (χ2v) is 9.69. The molecule has 2 aromatic carbocycles. The average Bonchev–Trinajstić information content (AvgIpc) is 3.25. The van der Waals surface area contributed by atoms with Gasteiger partial charge in [-0.3, -0.25) is 14.5 Å². The van der Waals surface area contributed by atoms with Crippen LogP contribution in [0.4, 0.5) is 0 Å². The van der Waals surface area contributed by atoms with Gasteiger partial charge in [0.2, 0.25) is 12.3 Å². The minimum Gasteiger partial charge on any atom is -0.435 e. The van der Waals surface area contributed by atoms with Crippen LogP contribution in [0.3, 0.4) is 0 Å². The van der Waals surface area contributed by atoms with E-state index in [-0.39, 0.29) is 24.5 Å². The third kappa shape index (κ3) is 7.08. The number of likely N-dealkylation sites (N-methyl/N-ethyl adjacent to an activating group) is 1. The molecule has 10 heteroatoms. The Balaban J connectivity index is 1.68. The summed E-state index contributed by atoms with van der Waals surface area (Å²) in [6.07, 6.45) is 2.77. The Morgan fingerprint density at radius 3 is 2.71 bits per heavy atom. The molecule has 1 fully saturated rings. The Hall–Kier alpha value is -2.84. The third-order valence-electron chi connectivity index (χ3n) is 5.62. The lowest BCUT2D eigenvalue weighted by Gasteiger charge is -2.25. The van der Waals surface area contributed by atoms with Crippen LogP contribution < -0.4 is 14.9 Å². The molecule has 1 saturated heterocycles. The molecular formula is C25H32N3O6P. The molecule has 0 bridgehead atoms. The summed E-state index contributed by atoms with van der Waals surface area (Å²) in [4.78, 5) is 36.1. The first-order valence-electron chi connectivity index (χ1n) is 11.4. The van der Waals surface area contributed by atoms with Crippen LogP contribution >= 0.6 is 8.53 Å². The fraction of sp³-hybridized carbons (Fsp3) is 0.400. The standard InChI is InChI=1S/C25H32N3O6P/c1-17-12-21(33-25(17)28(16-30)13-18(2)24(31)26-4)15-32-35(27-19(3)14-29)34-23-11-7-9-20-8-5-6-10-22(20)23/h5-11,13-14,16-17,19,21,25,27H,12,15H2,1-4H3,(H,26,31)/b18-13-/t17?,19?,21?,25?,35-/m1/s1. The van der Waals surface area contributed by atoms with Gasteiger partial charge in [-0.1, -0.05) is 43.3 Å². The van der Waals surface area contributed by atoms with Gasteiger partial charge in [-0.25, -0.2) is 5.09 Å². The van der Waals surface area contributed by atoms with E-state index in [1.807, 2.05) is 49.4 Å². The van der Waals surface area contributed by atoms with Crippen molar-refractivity contribution in [1.29, 1.82) is 0 Å². The molecule has 0 aliphatic carbocycles. The molecule has 4 unspecified atom stereocenters. The van der Waals surface area contributed by atoms with Crippen molar-refractivity contribution >= 4 is 37.9 Å². The molecule has 5 atom stereocenters. The average molecular weight is 502 g/mol. The minimum atomic E-state index is -1.65. The summed E-state index contributed by atoms with van der Waals surface area (Å²) >= 11 is 0. The number of amides is 2. The van der Waals surface area contributed by atoms with Gasteiger partial charge in [0.1, 0.15) is 18.3 Å². The maximum Gasteiger partial charge on any atom is 0.318 e. The Morgan fingerprint density at radius 2 is 2.00 bits per heavy atom. The highest BCUT2D eigenvalue weighted by atomic mass is 31.2. The molecule has 1 heterocycles. The van der Waals surface area contributed by atoms with E-state index in [4.69, 9.17) is 13.8 Å². The van der Waals surface area contributed by atoms with Crippen LogP contribution in [0.15, 0.2) is 54.2 Å². The van der Waals surface area contributed by atoms with Crippen LogP contribution in [0, 0.1) is 5.92 Å². The van der Waals surface area contributed by atoms with E-state index in [1.165, 1.54) is 18.1 Å². The van der Waals surface area contributed by atoms with Gasteiger partial charge in [0.05, 0.1) is 18.8 Å². The number of aldehydes is 1. The predicted octanol–water partition coefficient (Wildman–Crippen LogP) is 3.50. The van der Waals surface area contributed by atoms with E-state index < -0.39 is 20.8 Å². The van der Waals surface area contributed by atoms with E-state index >= 15 is 0 Å². The maximum atomic E-state index is 11.8. The SMILES string of the molecule is CNC(=O)/C(C)=C\N(C=O)C1OC(CO[P@@](NC(C)C=O)Oc2cccc3ccccc23)CC1C. The summed E-state index contributed by atoms with van der Waals surface area (Å²) in [5, 5.41) is 7.59. The van der Waals surface area contributed by atoms with Crippen LogP contribution in [0.2, 0.25) is 0 Å². The van der Waals surface area contributed by atoms with Gasteiger partial charge in [0.25, 0.3) is 0 Å². The van der Waals surface area contributed by atoms with E-state index in [1.54, 1.807) is 13.8 Å². The first-order chi connectivity index (χ1) is 16.9. The van der Waals surface area contributed by atoms with Crippen LogP contribution in [0.5, 0.6) is 5.75 Å². The lowest BCUT2D eigenvalue weighted by molar-refractivity contribution is -0.129. The molecule has 0 saturated carbocycles. The number of hydrogen-bond donors (Lipinski definition) is 2. The molecule has 1 aliphatic rings. The highest BCUT2D eigenvalue weighted by Crippen LogP contribution is 2.40. The smallest absolute Gasteiger partial charge is 0.318 e. The van der Waals surface area contributed by atoms with Crippen molar-refractivity contribution < 1.29 is 28.2 Å². The van der Waals surface area contributed by atoms with Crippen molar-refractivity contribution in [2.24, 2.45) is 5.92 Å². The third-order valence-corrected chi connectivity index (χ3v) is 6.98. The summed E-state index contributed by atoms with van der Waals surface area (Å²) in [6.45, 7) is 5.55. The summed E-state index contributed by atoms with van der Waals surface area (Å²) in [5.41, 5.74) is 0.397. The van der Waals surface area contributed by atoms with E-state index in [0.29, 0.717) is 24.2 Å². The Labute approximate surface area is 206 Å². The van der Waals surface area contributed by atoms with E-state index in [9.17, 15) is 14.4 Å². The second-order valence-electron chi connectivity index (χ2n) is 8.48. The van der Waals surface area contributed by atoms with Crippen molar-refractivity contribution in [3.63, 3.8) is 0 Å². The number of ether oxygens (including phenoxy) is 1. The fourth-order valence-corrected chi connectivity index (χ4v) is 5.05. The van der Waals surface area contributed by atoms with Crippen LogP contribution in [0.25, 0.3) is 10.8 Å². The largest absolute Gasteiger partial charge is 0.435 e. The fourth-order valence-electron chi connectivity index (χ4n) is 3.83. The van der Waals surface area contributed by atoms with Crippen molar-refractivity contribution in [1.82, 2.24) is 15.3 Å². The monoisotopic (exact) mass is 501 g/mol. The highest BCUT2D eigenvalue weighted by molar-refractivity contribution is 7.45. The molecule has 3 rings (SSSR count). The molecule has 9 nitrogen and oxygen atoms in total. The topological polar surface area (TPSA) is 106 Å². The Kier molecular flexibility index (Phi) is 9.74. The zero-order valence-electron chi connectivity index (χ0n) is 20.3. The first kappa shape index (κ1) is 26.8. The predicted molar refractivity (Wildman–Crippen MR) is 134 cm³/mol. The second kappa shape index (κ2) is 12.7. The molecule has 188 valence electrons. The number of nitrogens with zero attached hydrogens (tertiary/aromatic N) is 1. The molecule has 35 heavy (non-hydrogen) atoms. The summed E-state index contributed by atoms with van der Waals surface area (Å²) in [7, 11) is -0.120. The molecule has 2 amide bonds. The summed E-state index contributed by atoms with van der Waals surface area (Å²) in [6, 6.07) is 13.2. The first-order valence-corrected chi connectivity index (χ1v) is 12.6. The molecule has 0 aromatic heterocycles. The van der Waals surface area contributed by atoms with Crippen molar-refractivity contribution in [3.8, 4) is 5.75 Å². The highest BCUT2D eigenvalue weighted by Gasteiger charge is 2.36. The van der Waals surface area contributed by atoms with Crippen molar-refractivity contribution in [2.45, 2.75) is 45.6 Å². The Morgan fingerprint density at radius 1 is 1.26 bits per heavy atom. The Bertz CT molecular complexity index is 1060. The van der Waals surface area contributed by atoms with Gasteiger partial charge in [0, 0.05) is 30.1 Å². The number of benzene rings is 2. The zero-order chi connectivity index (χ0) is 25.4. The molecule has 0 radical (unpaired) electrons. The number of rotatable bonds is 12. The van der Waals surface area contributed by atoms with Gasteiger partial charge >= 0.3 is 8.53 Å². The van der Waals surface area contributed by atoms with Gasteiger partial charge in [0.15, 0.2) is 0 Å². The minimum absolute atomic E-state index is 0.0228. The van der Waals surface area contributed by atoms with Crippen LogP contribution in [-0.4, -0.2) is 55.5 Å². The molecular weight excluding hydrogens is 469 g/mol. The van der Waals surface area contributed by atoms with Crippen LogP contribution in [0.1, 0.15) is 27.2 Å². The summed E-state index contributed by atoms with van der Waals surface area (Å²) in [5.74, 6) is 0.406. The maximum absolute atomic E-state index is 11.8. The molecule has 0 spiro atoms. The number of fused-ring (bicyclic) bond motifs is 1. The summed E-state index contributed by atoms with van der Waals surface area (Å²) < 4.78 is 18.3. The normalized spacial score (nSPS) is 21.8.